The second-order valence-corrected chi connectivity index (χ2v) is 5.12. The maximum Gasteiger partial charge on any atom is 0.243 e. The van der Waals surface area contributed by atoms with Gasteiger partial charge >= 0.3 is 0 Å². The molecule has 2 rings (SSSR count). The fraction of sp³-hybridized carbons (Fsp3) is 0.500. The van der Waals surface area contributed by atoms with E-state index in [0.717, 1.165) is 31.9 Å². The lowest BCUT2D eigenvalue weighted by atomic mass is 10.1. The number of nitrogens with zero attached hydrogens (tertiary/aromatic N) is 3. The summed E-state index contributed by atoms with van der Waals surface area (Å²) in [5.41, 5.74) is 7.32. The summed E-state index contributed by atoms with van der Waals surface area (Å²) < 4.78 is 5.29. The Morgan fingerprint density at radius 3 is 2.57 bits per heavy atom. The molecule has 0 fully saturated rings. The van der Waals surface area contributed by atoms with Crippen molar-refractivity contribution in [3.63, 3.8) is 0 Å². The van der Waals surface area contributed by atoms with Gasteiger partial charge in [0.05, 0.1) is 6.04 Å². The van der Waals surface area contributed by atoms with E-state index in [1.807, 2.05) is 18.2 Å². The minimum atomic E-state index is -0.248. The van der Waals surface area contributed by atoms with Crippen molar-refractivity contribution < 1.29 is 4.52 Å². The van der Waals surface area contributed by atoms with Crippen molar-refractivity contribution in [2.75, 3.05) is 19.6 Å². The van der Waals surface area contributed by atoms with Crippen LogP contribution >= 0.6 is 0 Å². The van der Waals surface area contributed by atoms with E-state index >= 15 is 0 Å². The van der Waals surface area contributed by atoms with Gasteiger partial charge in [-0.3, -0.25) is 0 Å². The van der Waals surface area contributed by atoms with E-state index in [9.17, 15) is 0 Å². The summed E-state index contributed by atoms with van der Waals surface area (Å²) in [5, 5.41) is 4.03. The molecule has 0 aliphatic rings. The minimum absolute atomic E-state index is 0.248. The largest absolute Gasteiger partial charge is 0.338 e. The highest BCUT2D eigenvalue weighted by molar-refractivity contribution is 5.16. The second-order valence-electron chi connectivity index (χ2n) is 5.12. The molecule has 0 aliphatic carbocycles. The normalized spacial score (nSPS) is 12.8. The summed E-state index contributed by atoms with van der Waals surface area (Å²) in [7, 11) is 0. The molecule has 5 nitrogen and oxygen atoms in total. The standard InChI is InChI=1S/C16H24N4O/c1-3-20(4-2)11-10-15-18-16(21-19-15)14(17)12-13-8-6-5-7-9-13/h5-9,14H,3-4,10-12,17H2,1-2H3/t14-/m0/s1. The maximum absolute atomic E-state index is 6.14. The van der Waals surface area contributed by atoms with Gasteiger partial charge in [0.15, 0.2) is 5.82 Å². The fourth-order valence-corrected chi connectivity index (χ4v) is 2.27. The van der Waals surface area contributed by atoms with Gasteiger partial charge in [0.2, 0.25) is 5.89 Å². The predicted octanol–water partition coefficient (Wildman–Crippen LogP) is 2.20. The number of nitrogens with two attached hydrogens (primary N) is 1. The van der Waals surface area contributed by atoms with Crippen LogP contribution in [0.2, 0.25) is 0 Å². The van der Waals surface area contributed by atoms with Crippen molar-refractivity contribution in [3.05, 3.63) is 47.6 Å². The number of hydrogen-bond acceptors (Lipinski definition) is 5. The van der Waals surface area contributed by atoms with Gasteiger partial charge in [-0.2, -0.15) is 4.98 Å². The first-order chi connectivity index (χ1) is 10.2. The average Bonchev–Trinajstić information content (AvgIpc) is 2.98. The quantitative estimate of drug-likeness (QED) is 0.806. The van der Waals surface area contributed by atoms with E-state index in [-0.39, 0.29) is 6.04 Å². The Balaban J connectivity index is 1.90. The average molecular weight is 288 g/mol. The maximum atomic E-state index is 6.14. The minimum Gasteiger partial charge on any atom is -0.338 e. The summed E-state index contributed by atoms with van der Waals surface area (Å²) in [6.07, 6.45) is 1.50. The lowest BCUT2D eigenvalue weighted by molar-refractivity contribution is 0.302. The summed E-state index contributed by atoms with van der Waals surface area (Å²) in [6.45, 7) is 7.32. The van der Waals surface area contributed by atoms with Crippen molar-refractivity contribution in [1.82, 2.24) is 15.0 Å². The van der Waals surface area contributed by atoms with Crippen LogP contribution in [0.15, 0.2) is 34.9 Å². The van der Waals surface area contributed by atoms with E-state index in [1.165, 1.54) is 5.56 Å². The van der Waals surface area contributed by atoms with Crippen LogP contribution in [-0.2, 0) is 12.8 Å². The molecule has 21 heavy (non-hydrogen) atoms. The molecule has 1 aromatic carbocycles. The van der Waals surface area contributed by atoms with Gasteiger partial charge in [-0.15, -0.1) is 0 Å². The molecule has 0 unspecified atom stereocenters. The molecule has 114 valence electrons. The third-order valence-electron chi connectivity index (χ3n) is 3.65. The van der Waals surface area contributed by atoms with Gasteiger partial charge in [-0.25, -0.2) is 0 Å². The Kier molecular flexibility index (Phi) is 5.90. The SMILES string of the molecule is CCN(CC)CCc1noc([C@@H](N)Cc2ccccc2)n1. The zero-order valence-corrected chi connectivity index (χ0v) is 12.8. The molecule has 5 heteroatoms. The van der Waals surface area contributed by atoms with Crippen LogP contribution in [0.5, 0.6) is 0 Å². The van der Waals surface area contributed by atoms with Crippen molar-refractivity contribution in [2.45, 2.75) is 32.7 Å². The lowest BCUT2D eigenvalue weighted by Crippen LogP contribution is -2.25. The number of likely N-dealkylation sites (N-methyl/N-ethyl adjacent to an activating group) is 1. The van der Waals surface area contributed by atoms with Crippen molar-refractivity contribution in [2.24, 2.45) is 5.73 Å². The Bertz CT molecular complexity index is 522. The van der Waals surface area contributed by atoms with Crippen LogP contribution in [0.3, 0.4) is 0 Å². The molecule has 0 saturated heterocycles. The van der Waals surface area contributed by atoms with E-state index in [0.29, 0.717) is 12.3 Å². The highest BCUT2D eigenvalue weighted by atomic mass is 16.5. The van der Waals surface area contributed by atoms with Gasteiger partial charge in [0.25, 0.3) is 0 Å². The second kappa shape index (κ2) is 7.90. The third kappa shape index (κ3) is 4.65. The third-order valence-corrected chi connectivity index (χ3v) is 3.65. The Morgan fingerprint density at radius 1 is 1.19 bits per heavy atom. The molecule has 0 amide bonds. The van der Waals surface area contributed by atoms with E-state index < -0.39 is 0 Å². The van der Waals surface area contributed by atoms with Gasteiger partial charge < -0.3 is 15.2 Å². The Morgan fingerprint density at radius 2 is 1.90 bits per heavy atom. The van der Waals surface area contributed by atoms with Crippen molar-refractivity contribution in [1.29, 1.82) is 0 Å². The van der Waals surface area contributed by atoms with Gasteiger partial charge in [0.1, 0.15) is 0 Å². The van der Waals surface area contributed by atoms with Crippen LogP contribution in [0, 0.1) is 0 Å². The van der Waals surface area contributed by atoms with E-state index in [2.05, 4.69) is 41.0 Å². The number of aromatic nitrogens is 2. The first-order valence-corrected chi connectivity index (χ1v) is 7.57. The molecule has 2 N–H and O–H groups in total. The fourth-order valence-electron chi connectivity index (χ4n) is 2.27. The first kappa shape index (κ1) is 15.7. The van der Waals surface area contributed by atoms with Gasteiger partial charge in [-0.1, -0.05) is 49.3 Å². The Hall–Kier alpha value is -1.72. The zero-order valence-electron chi connectivity index (χ0n) is 12.8. The number of rotatable bonds is 8. The summed E-state index contributed by atoms with van der Waals surface area (Å²) in [6, 6.07) is 9.86. The van der Waals surface area contributed by atoms with Gasteiger partial charge in [0, 0.05) is 13.0 Å². The summed E-state index contributed by atoms with van der Waals surface area (Å²) >= 11 is 0. The van der Waals surface area contributed by atoms with E-state index in [4.69, 9.17) is 10.3 Å². The van der Waals surface area contributed by atoms with Crippen molar-refractivity contribution in [3.8, 4) is 0 Å². The number of benzene rings is 1. The van der Waals surface area contributed by atoms with Crippen LogP contribution < -0.4 is 5.73 Å². The summed E-state index contributed by atoms with van der Waals surface area (Å²) in [4.78, 5) is 6.75. The molecule has 0 aliphatic heterocycles. The van der Waals surface area contributed by atoms with Gasteiger partial charge in [-0.05, 0) is 25.1 Å². The topological polar surface area (TPSA) is 68.2 Å². The monoisotopic (exact) mass is 288 g/mol. The molecule has 0 saturated carbocycles. The van der Waals surface area contributed by atoms with Crippen LogP contribution in [0.4, 0.5) is 0 Å². The molecule has 2 aromatic rings. The molecule has 0 bridgehead atoms. The van der Waals surface area contributed by atoms with Crippen molar-refractivity contribution >= 4 is 0 Å². The van der Waals surface area contributed by atoms with E-state index in [1.54, 1.807) is 0 Å². The zero-order chi connectivity index (χ0) is 15.1. The van der Waals surface area contributed by atoms with Crippen LogP contribution in [0.25, 0.3) is 0 Å². The predicted molar refractivity (Wildman–Crippen MR) is 82.9 cm³/mol. The lowest BCUT2D eigenvalue weighted by Gasteiger charge is -2.16. The number of hydrogen-bond donors (Lipinski definition) is 1. The highest BCUT2D eigenvalue weighted by Crippen LogP contribution is 2.14. The highest BCUT2D eigenvalue weighted by Gasteiger charge is 2.15. The Labute approximate surface area is 126 Å². The summed E-state index contributed by atoms with van der Waals surface area (Å²) in [5.74, 6) is 1.26. The molecule has 1 aromatic heterocycles. The smallest absolute Gasteiger partial charge is 0.243 e. The molecule has 1 atom stereocenters. The molecule has 0 radical (unpaired) electrons. The first-order valence-electron chi connectivity index (χ1n) is 7.57. The molecule has 1 heterocycles. The molecule has 0 spiro atoms. The molecular formula is C16H24N4O. The molecular weight excluding hydrogens is 264 g/mol. The van der Waals surface area contributed by atoms with Crippen LogP contribution in [0.1, 0.15) is 37.2 Å². The van der Waals surface area contributed by atoms with Crippen LogP contribution in [-0.4, -0.2) is 34.7 Å².